The highest BCUT2D eigenvalue weighted by Gasteiger charge is 2.13. The predicted molar refractivity (Wildman–Crippen MR) is 43.5 cm³/mol. The SMILES string of the molecule is CCCC[Si](C)(O)[SiH3]. The summed E-state index contributed by atoms with van der Waals surface area (Å²) in [5, 5.41) is 0. The first-order chi connectivity index (χ1) is 3.56. The van der Waals surface area contributed by atoms with Crippen LogP contribution in [-0.2, 0) is 0 Å². The van der Waals surface area contributed by atoms with E-state index in [2.05, 4.69) is 13.5 Å². The second-order valence-electron chi connectivity index (χ2n) is 2.92. The van der Waals surface area contributed by atoms with Crippen molar-refractivity contribution in [3.05, 3.63) is 0 Å². The van der Waals surface area contributed by atoms with E-state index < -0.39 is 7.83 Å². The molecule has 0 aromatic rings. The second kappa shape index (κ2) is 3.43. The smallest absolute Gasteiger partial charge is 0.161 e. The lowest BCUT2D eigenvalue weighted by molar-refractivity contribution is 0.560. The molecule has 0 aliphatic heterocycles. The van der Waals surface area contributed by atoms with Gasteiger partial charge in [0.1, 0.15) is 0 Å². The summed E-state index contributed by atoms with van der Waals surface area (Å²) in [5.41, 5.74) is 0. The fraction of sp³-hybridized carbons (Fsp3) is 1.00. The maximum absolute atomic E-state index is 9.35. The Kier molecular flexibility index (Phi) is 3.59. The molecule has 0 bridgehead atoms. The third-order valence-corrected chi connectivity index (χ3v) is 4.22. The van der Waals surface area contributed by atoms with Crippen LogP contribution in [0.3, 0.4) is 0 Å². The zero-order valence-corrected chi connectivity index (χ0v) is 9.07. The monoisotopic (exact) mass is 148 g/mol. The Labute approximate surface area is 55.5 Å². The Hall–Kier alpha value is 0.394. The van der Waals surface area contributed by atoms with E-state index in [9.17, 15) is 4.80 Å². The van der Waals surface area contributed by atoms with E-state index >= 15 is 0 Å². The van der Waals surface area contributed by atoms with E-state index in [0.29, 0.717) is 0 Å². The fourth-order valence-corrected chi connectivity index (χ4v) is 2.89. The van der Waals surface area contributed by atoms with Gasteiger partial charge in [0.05, 0.1) is 0 Å². The maximum Gasteiger partial charge on any atom is 0.161 e. The van der Waals surface area contributed by atoms with E-state index in [1.54, 1.807) is 0 Å². The molecule has 0 saturated carbocycles. The van der Waals surface area contributed by atoms with Gasteiger partial charge in [-0.05, 0) is 12.6 Å². The molecule has 0 amide bonds. The van der Waals surface area contributed by atoms with Crippen LogP contribution in [0.1, 0.15) is 19.8 Å². The Morgan fingerprint density at radius 3 is 2.25 bits per heavy atom. The van der Waals surface area contributed by atoms with Crippen LogP contribution in [0.25, 0.3) is 0 Å². The molecule has 0 aliphatic rings. The van der Waals surface area contributed by atoms with Crippen LogP contribution < -0.4 is 0 Å². The first kappa shape index (κ1) is 8.39. The van der Waals surface area contributed by atoms with Gasteiger partial charge in [-0.2, -0.15) is 0 Å². The molecule has 0 heterocycles. The lowest BCUT2D eigenvalue weighted by atomic mass is 10.4. The molecule has 1 atom stereocenters. The van der Waals surface area contributed by atoms with Crippen molar-refractivity contribution in [1.82, 2.24) is 0 Å². The molecule has 0 radical (unpaired) electrons. The minimum Gasteiger partial charge on any atom is -0.436 e. The summed E-state index contributed by atoms with van der Waals surface area (Å²) in [6.07, 6.45) is 2.45. The van der Waals surface area contributed by atoms with Crippen LogP contribution in [0, 0.1) is 0 Å². The van der Waals surface area contributed by atoms with Crippen LogP contribution in [0.15, 0.2) is 0 Å². The van der Waals surface area contributed by atoms with E-state index in [0.717, 1.165) is 15.8 Å². The normalized spacial score (nSPS) is 18.4. The van der Waals surface area contributed by atoms with Gasteiger partial charge in [-0.3, -0.25) is 0 Å². The third-order valence-electron chi connectivity index (χ3n) is 1.14. The summed E-state index contributed by atoms with van der Waals surface area (Å²) >= 11 is 0. The van der Waals surface area contributed by atoms with Crippen LogP contribution in [-0.4, -0.2) is 22.4 Å². The number of unbranched alkanes of at least 4 members (excludes halogenated alkanes) is 1. The highest BCUT2D eigenvalue weighted by Crippen LogP contribution is 2.04. The predicted octanol–water partition coefficient (Wildman–Crippen LogP) is 0.216. The quantitative estimate of drug-likeness (QED) is 0.568. The van der Waals surface area contributed by atoms with Crippen molar-refractivity contribution in [1.29, 1.82) is 0 Å². The van der Waals surface area contributed by atoms with Crippen molar-refractivity contribution in [2.24, 2.45) is 0 Å². The Morgan fingerprint density at radius 1 is 1.62 bits per heavy atom. The van der Waals surface area contributed by atoms with Gasteiger partial charge < -0.3 is 4.80 Å². The second-order valence-corrected chi connectivity index (χ2v) is 13.5. The topological polar surface area (TPSA) is 20.2 Å². The molecule has 0 rings (SSSR count). The minimum atomic E-state index is -1.54. The van der Waals surface area contributed by atoms with Crippen molar-refractivity contribution >= 4 is 17.6 Å². The molecule has 1 nitrogen and oxygen atoms in total. The minimum absolute atomic E-state index is 1.04. The highest BCUT2D eigenvalue weighted by molar-refractivity contribution is 7.11. The molecule has 0 fully saturated rings. The first-order valence-corrected chi connectivity index (χ1v) is 9.44. The number of hydrogen-bond acceptors (Lipinski definition) is 1. The molecular weight excluding hydrogens is 132 g/mol. The van der Waals surface area contributed by atoms with Crippen LogP contribution in [0.2, 0.25) is 12.6 Å². The molecular formula is C5H16OSi2. The lowest BCUT2D eigenvalue weighted by Gasteiger charge is -2.11. The molecule has 8 heavy (non-hydrogen) atoms. The maximum atomic E-state index is 9.35. The molecule has 0 aromatic carbocycles. The van der Waals surface area contributed by atoms with Crippen LogP contribution in [0.4, 0.5) is 0 Å². The summed E-state index contributed by atoms with van der Waals surface area (Å²) in [4.78, 5) is 9.35. The number of rotatable bonds is 3. The van der Waals surface area contributed by atoms with Gasteiger partial charge in [-0.25, -0.2) is 0 Å². The summed E-state index contributed by atoms with van der Waals surface area (Å²) in [6, 6.07) is 1.12. The highest BCUT2D eigenvalue weighted by atomic mass is 29.2. The van der Waals surface area contributed by atoms with Gasteiger partial charge >= 0.3 is 0 Å². The van der Waals surface area contributed by atoms with Crippen molar-refractivity contribution in [3.63, 3.8) is 0 Å². The summed E-state index contributed by atoms with van der Waals surface area (Å²) < 4.78 is 0. The molecule has 1 N–H and O–H groups in total. The zero-order chi connectivity index (χ0) is 6.62. The molecule has 50 valence electrons. The fourth-order valence-electron chi connectivity index (χ4n) is 0.609. The van der Waals surface area contributed by atoms with Crippen LogP contribution in [0.5, 0.6) is 0 Å². The first-order valence-electron chi connectivity index (χ1n) is 3.28. The zero-order valence-electron chi connectivity index (χ0n) is 6.07. The summed E-state index contributed by atoms with van der Waals surface area (Å²) in [5.74, 6) is 0. The standard InChI is InChI=1S/C5H16OSi2/c1-3-4-5-8(2,6)7/h6H,3-5H2,1-2,7H3. The molecule has 0 aromatic heterocycles. The van der Waals surface area contributed by atoms with Gasteiger partial charge in [-0.1, -0.05) is 19.8 Å². The van der Waals surface area contributed by atoms with Gasteiger partial charge in [0, 0.05) is 9.76 Å². The average molecular weight is 148 g/mol. The van der Waals surface area contributed by atoms with Crippen molar-refractivity contribution < 1.29 is 4.80 Å². The van der Waals surface area contributed by atoms with E-state index in [-0.39, 0.29) is 0 Å². The average Bonchev–Trinajstić information content (AvgIpc) is 1.59. The summed E-state index contributed by atoms with van der Waals surface area (Å²) in [6.45, 7) is 4.22. The van der Waals surface area contributed by atoms with Crippen molar-refractivity contribution in [3.8, 4) is 0 Å². The number of hydrogen-bond donors (Lipinski definition) is 1. The van der Waals surface area contributed by atoms with Gasteiger partial charge in [0.2, 0.25) is 0 Å². The lowest BCUT2D eigenvalue weighted by Crippen LogP contribution is -2.30. The molecule has 3 heteroatoms. The van der Waals surface area contributed by atoms with E-state index in [1.165, 1.54) is 12.8 Å². The van der Waals surface area contributed by atoms with Gasteiger partial charge in [-0.15, -0.1) is 0 Å². The third kappa shape index (κ3) is 6.39. The van der Waals surface area contributed by atoms with Crippen molar-refractivity contribution in [2.75, 3.05) is 0 Å². The Balaban J connectivity index is 3.11. The van der Waals surface area contributed by atoms with E-state index in [1.807, 2.05) is 0 Å². The van der Waals surface area contributed by atoms with Crippen LogP contribution >= 0.6 is 0 Å². The Morgan fingerprint density at radius 2 is 2.12 bits per heavy atom. The summed E-state index contributed by atoms with van der Waals surface area (Å²) in [7, 11) is -0.503. The van der Waals surface area contributed by atoms with Gasteiger partial charge in [0.25, 0.3) is 0 Å². The molecule has 0 saturated heterocycles. The largest absolute Gasteiger partial charge is 0.436 e. The molecule has 0 aliphatic carbocycles. The van der Waals surface area contributed by atoms with E-state index in [4.69, 9.17) is 0 Å². The Bertz CT molecular complexity index is 57.9. The van der Waals surface area contributed by atoms with Crippen molar-refractivity contribution in [2.45, 2.75) is 32.4 Å². The molecule has 0 spiro atoms. The molecule has 1 unspecified atom stereocenters. The van der Waals surface area contributed by atoms with Gasteiger partial charge in [0.15, 0.2) is 7.83 Å².